The minimum atomic E-state index is 0.987. The van der Waals surface area contributed by atoms with Crippen LogP contribution in [0.3, 0.4) is 0 Å². The molecule has 0 N–H and O–H groups in total. The van der Waals surface area contributed by atoms with E-state index in [4.69, 9.17) is 0 Å². The molecule has 2 heteroatoms. The van der Waals surface area contributed by atoms with Gasteiger partial charge < -0.3 is 0 Å². The van der Waals surface area contributed by atoms with Crippen LogP contribution in [-0.2, 0) is 0 Å². The summed E-state index contributed by atoms with van der Waals surface area (Å²) in [6.07, 6.45) is 1.97. The van der Waals surface area contributed by atoms with E-state index in [9.17, 15) is 0 Å². The summed E-state index contributed by atoms with van der Waals surface area (Å²) in [7, 11) is 0. The predicted molar refractivity (Wildman–Crippen MR) is 46.8 cm³/mol. The van der Waals surface area contributed by atoms with Crippen molar-refractivity contribution in [2.24, 2.45) is 10.2 Å². The quantitative estimate of drug-likeness (QED) is 0.425. The highest BCUT2D eigenvalue weighted by molar-refractivity contribution is 5.85. The van der Waals surface area contributed by atoms with Gasteiger partial charge in [0.25, 0.3) is 0 Å². The Morgan fingerprint density at radius 3 is 1.40 bits per heavy atom. The zero-order valence-corrected chi connectivity index (χ0v) is 7.31. The topological polar surface area (TPSA) is 24.7 Å². The summed E-state index contributed by atoms with van der Waals surface area (Å²) < 4.78 is 0. The highest BCUT2D eigenvalue weighted by atomic mass is 15.2. The molecule has 0 fully saturated rings. The van der Waals surface area contributed by atoms with E-state index in [-0.39, 0.29) is 0 Å². The van der Waals surface area contributed by atoms with Crippen molar-refractivity contribution in [2.75, 3.05) is 0 Å². The summed E-state index contributed by atoms with van der Waals surface area (Å²) in [6.45, 7) is 8.14. The molecule has 0 saturated carbocycles. The van der Waals surface area contributed by atoms with Gasteiger partial charge in [-0.2, -0.15) is 10.2 Å². The van der Waals surface area contributed by atoms with E-state index in [0.29, 0.717) is 0 Å². The van der Waals surface area contributed by atoms with Crippen LogP contribution in [-0.4, -0.2) is 11.4 Å². The molecule has 0 unspecified atom stereocenters. The molecule has 0 spiro atoms. The van der Waals surface area contributed by atoms with Crippen molar-refractivity contribution in [3.8, 4) is 0 Å². The van der Waals surface area contributed by atoms with Crippen LogP contribution in [0.15, 0.2) is 10.2 Å². The van der Waals surface area contributed by atoms with Crippen LogP contribution < -0.4 is 0 Å². The number of hydrogen-bond donors (Lipinski definition) is 0. The SMILES string of the molecule is CC/C(C)=N\N=C(/C)CC. The molecule has 0 heterocycles. The van der Waals surface area contributed by atoms with E-state index in [1.54, 1.807) is 0 Å². The fourth-order valence-corrected chi connectivity index (χ4v) is 0.312. The van der Waals surface area contributed by atoms with Gasteiger partial charge in [-0.15, -0.1) is 0 Å². The number of rotatable bonds is 3. The monoisotopic (exact) mass is 140 g/mol. The molecule has 0 aliphatic heterocycles. The minimum absolute atomic E-state index is 0.987. The molecular formula is C8H16N2. The van der Waals surface area contributed by atoms with E-state index < -0.39 is 0 Å². The Kier molecular flexibility index (Phi) is 4.81. The van der Waals surface area contributed by atoms with Gasteiger partial charge in [-0.25, -0.2) is 0 Å². The van der Waals surface area contributed by atoms with Gasteiger partial charge in [0.15, 0.2) is 0 Å². The highest BCUT2D eigenvalue weighted by Crippen LogP contribution is 1.89. The predicted octanol–water partition coefficient (Wildman–Crippen LogP) is 2.64. The molecule has 10 heavy (non-hydrogen) atoms. The summed E-state index contributed by atoms with van der Waals surface area (Å²) in [5.74, 6) is 0. The van der Waals surface area contributed by atoms with Crippen molar-refractivity contribution in [3.63, 3.8) is 0 Å². The lowest BCUT2D eigenvalue weighted by Gasteiger charge is -1.91. The lowest BCUT2D eigenvalue weighted by atomic mass is 10.3. The maximum atomic E-state index is 4.02. The average molecular weight is 140 g/mol. The first-order valence-electron chi connectivity index (χ1n) is 3.77. The molecule has 0 radical (unpaired) electrons. The Morgan fingerprint density at radius 2 is 1.20 bits per heavy atom. The Morgan fingerprint density at radius 1 is 0.900 bits per heavy atom. The van der Waals surface area contributed by atoms with Crippen LogP contribution in [0.1, 0.15) is 40.5 Å². The zero-order valence-electron chi connectivity index (χ0n) is 7.31. The second-order valence-electron chi connectivity index (χ2n) is 2.38. The molecule has 0 atom stereocenters. The van der Waals surface area contributed by atoms with Crippen LogP contribution in [0.5, 0.6) is 0 Å². The highest BCUT2D eigenvalue weighted by Gasteiger charge is 1.84. The Labute approximate surface area is 63.1 Å². The van der Waals surface area contributed by atoms with Crippen molar-refractivity contribution >= 4 is 11.4 Å². The summed E-state index contributed by atoms with van der Waals surface area (Å²) in [5, 5.41) is 8.04. The van der Waals surface area contributed by atoms with Crippen LogP contribution in [0.25, 0.3) is 0 Å². The Hall–Kier alpha value is -0.660. The standard InChI is InChI=1S/C8H16N2/c1-5-7(3)9-10-8(4)6-2/h5-6H2,1-4H3/b9-7-,10-8+. The third kappa shape index (κ3) is 4.24. The van der Waals surface area contributed by atoms with Gasteiger partial charge in [0.1, 0.15) is 0 Å². The normalized spacial score (nSPS) is 14.0. The van der Waals surface area contributed by atoms with Crippen LogP contribution in [0.4, 0.5) is 0 Å². The molecule has 0 aromatic carbocycles. The first kappa shape index (κ1) is 9.34. The lowest BCUT2D eigenvalue weighted by Crippen LogP contribution is -1.89. The molecule has 2 nitrogen and oxygen atoms in total. The largest absolute Gasteiger partial charge is 0.161 e. The Bertz CT molecular complexity index is 127. The fourth-order valence-electron chi connectivity index (χ4n) is 0.312. The first-order chi connectivity index (χ1) is 4.70. The molecule has 0 amide bonds. The van der Waals surface area contributed by atoms with Gasteiger partial charge in [-0.05, 0) is 26.7 Å². The summed E-state index contributed by atoms with van der Waals surface area (Å²) >= 11 is 0. The molecule has 58 valence electrons. The number of nitrogens with zero attached hydrogens (tertiary/aromatic N) is 2. The van der Waals surface area contributed by atoms with Gasteiger partial charge in [0, 0.05) is 11.4 Å². The summed E-state index contributed by atoms with van der Waals surface area (Å²) in [6, 6.07) is 0. The number of hydrogen-bond acceptors (Lipinski definition) is 2. The van der Waals surface area contributed by atoms with Gasteiger partial charge in [-0.3, -0.25) is 0 Å². The summed E-state index contributed by atoms with van der Waals surface area (Å²) in [4.78, 5) is 0. The van der Waals surface area contributed by atoms with Crippen molar-refractivity contribution in [1.82, 2.24) is 0 Å². The molecule has 0 aromatic heterocycles. The minimum Gasteiger partial charge on any atom is -0.161 e. The van der Waals surface area contributed by atoms with Crippen LogP contribution >= 0.6 is 0 Å². The maximum absolute atomic E-state index is 4.02. The zero-order chi connectivity index (χ0) is 7.98. The van der Waals surface area contributed by atoms with E-state index in [1.807, 2.05) is 13.8 Å². The van der Waals surface area contributed by atoms with Crippen LogP contribution in [0.2, 0.25) is 0 Å². The van der Waals surface area contributed by atoms with E-state index in [1.165, 1.54) is 0 Å². The molecular weight excluding hydrogens is 124 g/mol. The molecule has 0 saturated heterocycles. The maximum Gasteiger partial charge on any atom is 0.0372 e. The third-order valence-electron chi connectivity index (χ3n) is 1.41. The lowest BCUT2D eigenvalue weighted by molar-refractivity contribution is 1.12. The van der Waals surface area contributed by atoms with E-state index >= 15 is 0 Å². The second kappa shape index (κ2) is 5.15. The first-order valence-corrected chi connectivity index (χ1v) is 3.77. The van der Waals surface area contributed by atoms with Crippen molar-refractivity contribution in [1.29, 1.82) is 0 Å². The molecule has 0 rings (SSSR count). The molecule has 0 aliphatic carbocycles. The second-order valence-corrected chi connectivity index (χ2v) is 2.38. The van der Waals surface area contributed by atoms with Gasteiger partial charge >= 0.3 is 0 Å². The van der Waals surface area contributed by atoms with E-state index in [2.05, 4.69) is 24.1 Å². The molecule has 0 aliphatic rings. The average Bonchev–Trinajstić information content (AvgIpc) is 1.99. The van der Waals surface area contributed by atoms with Crippen molar-refractivity contribution in [2.45, 2.75) is 40.5 Å². The van der Waals surface area contributed by atoms with Gasteiger partial charge in [-0.1, -0.05) is 13.8 Å². The summed E-state index contributed by atoms with van der Waals surface area (Å²) in [5.41, 5.74) is 2.18. The molecule has 0 aromatic rings. The third-order valence-corrected chi connectivity index (χ3v) is 1.41. The van der Waals surface area contributed by atoms with Gasteiger partial charge in [0.2, 0.25) is 0 Å². The van der Waals surface area contributed by atoms with Gasteiger partial charge in [0.05, 0.1) is 0 Å². The van der Waals surface area contributed by atoms with Crippen molar-refractivity contribution < 1.29 is 0 Å². The van der Waals surface area contributed by atoms with Crippen molar-refractivity contribution in [3.05, 3.63) is 0 Å². The molecule has 0 bridgehead atoms. The Balaban J connectivity index is 3.91. The van der Waals surface area contributed by atoms with Crippen LogP contribution in [0, 0.1) is 0 Å². The fraction of sp³-hybridized carbons (Fsp3) is 0.750. The smallest absolute Gasteiger partial charge is 0.0372 e. The van der Waals surface area contributed by atoms with E-state index in [0.717, 1.165) is 24.3 Å².